The molecular weight excluding hydrogens is 322 g/mol. The molecule has 1 heterocycles. The zero-order valence-corrected chi connectivity index (χ0v) is 14.6. The summed E-state index contributed by atoms with van der Waals surface area (Å²) in [5.41, 5.74) is 1.70. The standard InChI is InChI=1S/C18H23N3O4/c1-11(2)8-16(18(23)25-3)20-17(22)15(21-24)9-12-10-19-14-7-5-4-6-13(12)14/h4-7,10-11,16,19,24H,8-9H2,1-3H3,(H,20,22)/t16-/m1/s1. The third kappa shape index (κ3) is 4.59. The second kappa shape index (κ2) is 8.32. The van der Waals surface area contributed by atoms with Crippen molar-refractivity contribution < 1.29 is 19.5 Å². The first-order valence-corrected chi connectivity index (χ1v) is 8.10. The average molecular weight is 345 g/mol. The summed E-state index contributed by atoms with van der Waals surface area (Å²) >= 11 is 0. The molecule has 2 aromatic rings. The zero-order valence-electron chi connectivity index (χ0n) is 14.6. The molecule has 0 unspecified atom stereocenters. The van der Waals surface area contributed by atoms with Gasteiger partial charge in [0.05, 0.1) is 7.11 Å². The molecule has 0 saturated heterocycles. The molecule has 1 atom stereocenters. The Labute approximate surface area is 146 Å². The summed E-state index contributed by atoms with van der Waals surface area (Å²) in [6, 6.07) is 6.86. The fraction of sp³-hybridized carbons (Fsp3) is 0.389. The highest BCUT2D eigenvalue weighted by Gasteiger charge is 2.25. The summed E-state index contributed by atoms with van der Waals surface area (Å²) < 4.78 is 4.73. The smallest absolute Gasteiger partial charge is 0.328 e. The Morgan fingerprint density at radius 3 is 2.68 bits per heavy atom. The van der Waals surface area contributed by atoms with Crippen molar-refractivity contribution in [3.8, 4) is 0 Å². The van der Waals surface area contributed by atoms with Crippen molar-refractivity contribution in [3.05, 3.63) is 36.0 Å². The first-order valence-electron chi connectivity index (χ1n) is 8.10. The topological polar surface area (TPSA) is 104 Å². The van der Waals surface area contributed by atoms with Gasteiger partial charge < -0.3 is 20.2 Å². The molecule has 0 aliphatic carbocycles. The molecule has 0 bridgehead atoms. The van der Waals surface area contributed by atoms with Crippen LogP contribution in [0.15, 0.2) is 35.6 Å². The first-order chi connectivity index (χ1) is 12.0. The highest BCUT2D eigenvalue weighted by atomic mass is 16.5. The number of fused-ring (bicyclic) bond motifs is 1. The normalized spacial score (nSPS) is 13.0. The molecule has 0 spiro atoms. The summed E-state index contributed by atoms with van der Waals surface area (Å²) in [4.78, 5) is 27.4. The summed E-state index contributed by atoms with van der Waals surface area (Å²) in [6.45, 7) is 3.88. The van der Waals surface area contributed by atoms with Crippen molar-refractivity contribution in [2.75, 3.05) is 7.11 Å². The number of para-hydroxylation sites is 1. The van der Waals surface area contributed by atoms with Crippen LogP contribution in [0.3, 0.4) is 0 Å². The Hall–Kier alpha value is -2.83. The van der Waals surface area contributed by atoms with Crippen LogP contribution in [-0.2, 0) is 20.7 Å². The summed E-state index contributed by atoms with van der Waals surface area (Å²) in [6.07, 6.45) is 2.35. The van der Waals surface area contributed by atoms with Crippen LogP contribution in [0.25, 0.3) is 10.9 Å². The summed E-state index contributed by atoms with van der Waals surface area (Å²) in [7, 11) is 1.27. The Kier molecular flexibility index (Phi) is 6.16. The van der Waals surface area contributed by atoms with E-state index in [2.05, 4.69) is 15.5 Å². The molecular formula is C18H23N3O4. The number of amides is 1. The van der Waals surface area contributed by atoms with Crippen LogP contribution in [0.2, 0.25) is 0 Å². The number of carbonyl (C=O) groups excluding carboxylic acids is 2. The van der Waals surface area contributed by atoms with Gasteiger partial charge >= 0.3 is 5.97 Å². The second-order valence-electron chi connectivity index (χ2n) is 6.26. The predicted molar refractivity (Wildman–Crippen MR) is 94.6 cm³/mol. The van der Waals surface area contributed by atoms with Gasteiger partial charge in [-0.1, -0.05) is 37.2 Å². The van der Waals surface area contributed by atoms with Gasteiger partial charge in [0.25, 0.3) is 5.91 Å². The number of rotatable bonds is 7. The SMILES string of the molecule is COC(=O)[C@@H](CC(C)C)NC(=O)C(Cc1c[nH]c2ccccc12)=NO. The molecule has 7 heteroatoms. The summed E-state index contributed by atoms with van der Waals surface area (Å²) in [5, 5.41) is 15.9. The number of ether oxygens (including phenoxy) is 1. The maximum absolute atomic E-state index is 12.4. The van der Waals surface area contributed by atoms with E-state index < -0.39 is 17.9 Å². The molecule has 1 aromatic carbocycles. The average Bonchev–Trinajstić information content (AvgIpc) is 3.00. The van der Waals surface area contributed by atoms with Crippen molar-refractivity contribution in [2.45, 2.75) is 32.7 Å². The van der Waals surface area contributed by atoms with E-state index in [1.807, 2.05) is 38.1 Å². The van der Waals surface area contributed by atoms with Crippen molar-refractivity contribution in [1.82, 2.24) is 10.3 Å². The number of aromatic nitrogens is 1. The predicted octanol–water partition coefficient (Wildman–Crippen LogP) is 2.24. The molecule has 0 saturated carbocycles. The fourth-order valence-electron chi connectivity index (χ4n) is 2.69. The van der Waals surface area contributed by atoms with Crippen LogP contribution in [0.5, 0.6) is 0 Å². The highest BCUT2D eigenvalue weighted by Crippen LogP contribution is 2.18. The van der Waals surface area contributed by atoms with Gasteiger partial charge in [0.1, 0.15) is 11.8 Å². The van der Waals surface area contributed by atoms with E-state index in [0.29, 0.717) is 6.42 Å². The number of hydrogen-bond acceptors (Lipinski definition) is 5. The van der Waals surface area contributed by atoms with Crippen molar-refractivity contribution in [2.24, 2.45) is 11.1 Å². The van der Waals surface area contributed by atoms with E-state index in [-0.39, 0.29) is 18.1 Å². The van der Waals surface area contributed by atoms with E-state index in [1.165, 1.54) is 7.11 Å². The van der Waals surface area contributed by atoms with E-state index in [4.69, 9.17) is 4.74 Å². The number of carbonyl (C=O) groups is 2. The molecule has 0 fully saturated rings. The van der Waals surface area contributed by atoms with E-state index >= 15 is 0 Å². The van der Waals surface area contributed by atoms with E-state index in [9.17, 15) is 14.8 Å². The lowest BCUT2D eigenvalue weighted by Crippen LogP contribution is -2.45. The van der Waals surface area contributed by atoms with Gasteiger partial charge in [-0.05, 0) is 24.0 Å². The number of H-pyrrole nitrogens is 1. The number of aromatic amines is 1. The lowest BCUT2D eigenvalue weighted by molar-refractivity contribution is -0.144. The maximum Gasteiger partial charge on any atom is 0.328 e. The molecule has 134 valence electrons. The van der Waals surface area contributed by atoms with Gasteiger partial charge in [0.2, 0.25) is 0 Å². The quantitative estimate of drug-likeness (QED) is 0.310. The molecule has 1 amide bonds. The molecule has 1 aromatic heterocycles. The Morgan fingerprint density at radius 1 is 1.32 bits per heavy atom. The molecule has 0 radical (unpaired) electrons. The van der Waals surface area contributed by atoms with Crippen LogP contribution < -0.4 is 5.32 Å². The molecule has 3 N–H and O–H groups in total. The largest absolute Gasteiger partial charge is 0.467 e. The van der Waals surface area contributed by atoms with Gasteiger partial charge in [0.15, 0.2) is 0 Å². The number of methoxy groups -OCH3 is 1. The molecule has 25 heavy (non-hydrogen) atoms. The molecule has 7 nitrogen and oxygen atoms in total. The minimum Gasteiger partial charge on any atom is -0.467 e. The van der Waals surface area contributed by atoms with Gasteiger partial charge in [0, 0.05) is 23.5 Å². The Balaban J connectivity index is 2.13. The van der Waals surface area contributed by atoms with E-state index in [0.717, 1.165) is 16.5 Å². The number of nitrogens with one attached hydrogen (secondary N) is 2. The Bertz CT molecular complexity index is 779. The maximum atomic E-state index is 12.4. The van der Waals surface area contributed by atoms with Crippen molar-refractivity contribution >= 4 is 28.5 Å². The van der Waals surface area contributed by atoms with Gasteiger partial charge in [-0.25, -0.2) is 4.79 Å². The van der Waals surface area contributed by atoms with Crippen LogP contribution in [0, 0.1) is 5.92 Å². The van der Waals surface area contributed by atoms with Crippen LogP contribution in [-0.4, -0.2) is 40.9 Å². The minimum atomic E-state index is -0.780. The fourth-order valence-corrected chi connectivity index (χ4v) is 2.69. The van der Waals surface area contributed by atoms with Gasteiger partial charge in [-0.3, -0.25) is 4.79 Å². The van der Waals surface area contributed by atoms with Crippen LogP contribution in [0.1, 0.15) is 25.8 Å². The third-order valence-electron chi connectivity index (χ3n) is 3.91. The number of oxime groups is 1. The number of hydrogen-bond donors (Lipinski definition) is 3. The number of nitrogens with zero attached hydrogens (tertiary/aromatic N) is 1. The second-order valence-corrected chi connectivity index (χ2v) is 6.26. The van der Waals surface area contributed by atoms with Gasteiger partial charge in [-0.15, -0.1) is 0 Å². The lowest BCUT2D eigenvalue weighted by Gasteiger charge is -2.18. The third-order valence-corrected chi connectivity index (χ3v) is 3.91. The molecule has 0 aliphatic rings. The monoisotopic (exact) mass is 345 g/mol. The number of benzene rings is 1. The zero-order chi connectivity index (χ0) is 18.4. The molecule has 0 aliphatic heterocycles. The lowest BCUT2D eigenvalue weighted by atomic mass is 10.0. The highest BCUT2D eigenvalue weighted by molar-refractivity contribution is 6.39. The van der Waals surface area contributed by atoms with Crippen LogP contribution in [0.4, 0.5) is 0 Å². The summed E-state index contributed by atoms with van der Waals surface area (Å²) in [5.74, 6) is -0.928. The number of esters is 1. The Morgan fingerprint density at radius 2 is 2.04 bits per heavy atom. The van der Waals surface area contributed by atoms with Crippen molar-refractivity contribution in [1.29, 1.82) is 0 Å². The van der Waals surface area contributed by atoms with E-state index in [1.54, 1.807) is 6.20 Å². The first kappa shape index (κ1) is 18.5. The minimum absolute atomic E-state index is 0.0672. The van der Waals surface area contributed by atoms with Gasteiger partial charge in [-0.2, -0.15) is 0 Å². The van der Waals surface area contributed by atoms with Crippen molar-refractivity contribution in [3.63, 3.8) is 0 Å². The van der Waals surface area contributed by atoms with Crippen LogP contribution >= 0.6 is 0 Å². The molecule has 2 rings (SSSR count).